The maximum absolute atomic E-state index is 13.3. The second-order valence-electron chi connectivity index (χ2n) is 3.07. The first-order valence-electron chi connectivity index (χ1n) is 3.74. The van der Waals surface area contributed by atoms with Crippen molar-refractivity contribution in [3.8, 4) is 0 Å². The Bertz CT molecular complexity index is 142. The molecule has 1 unspecified atom stereocenters. The Balaban J connectivity index is 4.07. The van der Waals surface area contributed by atoms with Gasteiger partial charge < -0.3 is 8.84 Å². The van der Waals surface area contributed by atoms with E-state index in [1.54, 1.807) is 13.1 Å². The van der Waals surface area contributed by atoms with Crippen LogP contribution in [0, 0.1) is 0 Å². The monoisotopic (exact) mass is 178 g/mol. The van der Waals surface area contributed by atoms with E-state index in [4.69, 9.17) is 4.74 Å². The Morgan fingerprint density at radius 3 is 2.18 bits per heavy atom. The van der Waals surface area contributed by atoms with Crippen LogP contribution in [0.5, 0.6) is 0 Å². The summed E-state index contributed by atoms with van der Waals surface area (Å²) in [4.78, 5) is 10.5. The summed E-state index contributed by atoms with van der Waals surface area (Å²) in [5.41, 5.74) is -0.486. The number of carbonyl (C=O) groups excluding carboxylic acids is 1. The highest BCUT2D eigenvalue weighted by Gasteiger charge is 2.34. The molecule has 0 N–H and O–H groups in total. The predicted octanol–water partition coefficient (Wildman–Crippen LogP) is 2.04. The number of esters is 1. The maximum Gasteiger partial charge on any atom is 0.302 e. The van der Waals surface area contributed by atoms with Gasteiger partial charge in [-0.3, -0.25) is 4.79 Å². The molecule has 0 radical (unpaired) electrons. The minimum Gasteiger partial charge on any atom is -0.463 e. The fourth-order valence-corrected chi connectivity index (χ4v) is 2.33. The molecule has 0 spiro atoms. The lowest BCUT2D eigenvalue weighted by molar-refractivity contribution is -0.143. The highest BCUT2D eigenvalue weighted by atomic mass is 28.4. The van der Waals surface area contributed by atoms with Crippen molar-refractivity contribution in [3.05, 3.63) is 0 Å². The van der Waals surface area contributed by atoms with Gasteiger partial charge in [-0.2, -0.15) is 0 Å². The molecule has 4 heteroatoms. The first kappa shape index (κ1) is 10.6. The van der Waals surface area contributed by atoms with Crippen molar-refractivity contribution in [3.63, 3.8) is 0 Å². The summed E-state index contributed by atoms with van der Waals surface area (Å²) in [6.07, 6.45) is 0.565. The van der Waals surface area contributed by atoms with Gasteiger partial charge in [0.15, 0.2) is 0 Å². The van der Waals surface area contributed by atoms with Crippen molar-refractivity contribution in [1.82, 2.24) is 0 Å². The SMILES string of the molecule is CCC(OC(C)=O)[Si](C)(C)F. The van der Waals surface area contributed by atoms with E-state index in [9.17, 15) is 8.90 Å². The van der Waals surface area contributed by atoms with E-state index in [1.807, 2.05) is 6.92 Å². The molecule has 0 amide bonds. The smallest absolute Gasteiger partial charge is 0.302 e. The topological polar surface area (TPSA) is 26.3 Å². The average Bonchev–Trinajstić information content (AvgIpc) is 1.79. The summed E-state index contributed by atoms with van der Waals surface area (Å²) in [6, 6.07) is 0. The Hall–Kier alpha value is -0.383. The third-order valence-electron chi connectivity index (χ3n) is 1.44. The Morgan fingerprint density at radius 2 is 2.09 bits per heavy atom. The van der Waals surface area contributed by atoms with Crippen molar-refractivity contribution in [2.45, 2.75) is 39.1 Å². The van der Waals surface area contributed by atoms with E-state index in [2.05, 4.69) is 0 Å². The van der Waals surface area contributed by atoms with Gasteiger partial charge in [-0.15, -0.1) is 0 Å². The van der Waals surface area contributed by atoms with E-state index in [0.717, 1.165) is 0 Å². The van der Waals surface area contributed by atoms with Crippen LogP contribution in [0.2, 0.25) is 13.1 Å². The van der Waals surface area contributed by atoms with Gasteiger partial charge in [0, 0.05) is 6.92 Å². The molecule has 0 heterocycles. The van der Waals surface area contributed by atoms with Crippen LogP contribution in [0.1, 0.15) is 20.3 Å². The molecule has 0 aromatic rings. The quantitative estimate of drug-likeness (QED) is 0.375. The van der Waals surface area contributed by atoms with E-state index >= 15 is 0 Å². The van der Waals surface area contributed by atoms with Crippen molar-refractivity contribution in [2.24, 2.45) is 0 Å². The zero-order chi connectivity index (χ0) is 9.07. The fourth-order valence-electron chi connectivity index (χ4n) is 0.909. The molecule has 0 rings (SSSR count). The normalized spacial score (nSPS) is 14.3. The molecule has 0 aliphatic rings. The molecule has 66 valence electrons. The van der Waals surface area contributed by atoms with E-state index in [0.29, 0.717) is 6.42 Å². The average molecular weight is 178 g/mol. The van der Waals surface area contributed by atoms with Gasteiger partial charge in [0.2, 0.25) is 0 Å². The van der Waals surface area contributed by atoms with Crippen molar-refractivity contribution in [2.75, 3.05) is 0 Å². The molecule has 0 aromatic heterocycles. The van der Waals surface area contributed by atoms with Gasteiger partial charge in [-0.1, -0.05) is 6.92 Å². The van der Waals surface area contributed by atoms with Crippen molar-refractivity contribution < 1.29 is 13.6 Å². The minimum absolute atomic E-state index is 0.393. The Kier molecular flexibility index (Phi) is 3.72. The molecule has 0 saturated carbocycles. The molecule has 0 bridgehead atoms. The first-order valence-corrected chi connectivity index (χ1v) is 6.69. The zero-order valence-electron chi connectivity index (χ0n) is 7.48. The number of halogens is 1. The van der Waals surface area contributed by atoms with Gasteiger partial charge in [0.1, 0.15) is 5.73 Å². The maximum atomic E-state index is 13.3. The fraction of sp³-hybridized carbons (Fsp3) is 0.857. The van der Waals surface area contributed by atoms with Gasteiger partial charge in [0.25, 0.3) is 8.41 Å². The second kappa shape index (κ2) is 3.85. The van der Waals surface area contributed by atoms with Crippen LogP contribution < -0.4 is 0 Å². The first-order chi connectivity index (χ1) is 4.88. The number of hydrogen-bond donors (Lipinski definition) is 0. The third-order valence-corrected chi connectivity index (χ3v) is 3.50. The van der Waals surface area contributed by atoms with Crippen LogP contribution in [0.15, 0.2) is 0 Å². The van der Waals surface area contributed by atoms with Gasteiger partial charge in [0.05, 0.1) is 0 Å². The molecule has 2 nitrogen and oxygen atoms in total. The molecule has 0 aromatic carbocycles. The van der Waals surface area contributed by atoms with E-state index in [-0.39, 0.29) is 0 Å². The Labute approximate surface area is 67.9 Å². The summed E-state index contributed by atoms with van der Waals surface area (Å²) >= 11 is 0. The molecule has 0 aliphatic heterocycles. The van der Waals surface area contributed by atoms with Crippen LogP contribution in [0.3, 0.4) is 0 Å². The van der Waals surface area contributed by atoms with Crippen LogP contribution >= 0.6 is 0 Å². The molecule has 1 atom stereocenters. The highest BCUT2D eigenvalue weighted by Crippen LogP contribution is 2.16. The summed E-state index contributed by atoms with van der Waals surface area (Å²) in [5.74, 6) is -0.393. The zero-order valence-corrected chi connectivity index (χ0v) is 8.48. The van der Waals surface area contributed by atoms with E-state index in [1.165, 1.54) is 6.92 Å². The van der Waals surface area contributed by atoms with Crippen molar-refractivity contribution in [1.29, 1.82) is 0 Å². The highest BCUT2D eigenvalue weighted by molar-refractivity contribution is 6.71. The predicted molar refractivity (Wildman–Crippen MR) is 44.4 cm³/mol. The minimum atomic E-state index is -2.79. The number of carbonyl (C=O) groups is 1. The summed E-state index contributed by atoms with van der Waals surface area (Å²) in [7, 11) is -2.79. The number of ether oxygens (including phenoxy) is 1. The molecule has 0 saturated heterocycles. The van der Waals surface area contributed by atoms with Crippen LogP contribution in [-0.2, 0) is 9.53 Å². The van der Waals surface area contributed by atoms with E-state index < -0.39 is 20.1 Å². The van der Waals surface area contributed by atoms with Gasteiger partial charge in [-0.25, -0.2) is 0 Å². The van der Waals surface area contributed by atoms with Crippen LogP contribution in [-0.4, -0.2) is 20.1 Å². The van der Waals surface area contributed by atoms with Gasteiger partial charge in [-0.05, 0) is 19.5 Å². The third kappa shape index (κ3) is 4.13. The number of rotatable bonds is 3. The molecular weight excluding hydrogens is 163 g/mol. The van der Waals surface area contributed by atoms with Gasteiger partial charge >= 0.3 is 5.97 Å². The van der Waals surface area contributed by atoms with Crippen LogP contribution in [0.4, 0.5) is 4.11 Å². The lowest BCUT2D eigenvalue weighted by Gasteiger charge is -2.22. The molecule has 0 aliphatic carbocycles. The molecular formula is C7H15FO2Si. The molecule has 0 fully saturated rings. The lowest BCUT2D eigenvalue weighted by Crippen LogP contribution is -2.39. The largest absolute Gasteiger partial charge is 0.463 e. The second-order valence-corrected chi connectivity index (χ2v) is 6.84. The molecule has 11 heavy (non-hydrogen) atoms. The van der Waals surface area contributed by atoms with Crippen molar-refractivity contribution >= 4 is 14.4 Å². The number of hydrogen-bond acceptors (Lipinski definition) is 2. The van der Waals surface area contributed by atoms with Crippen LogP contribution in [0.25, 0.3) is 0 Å². The summed E-state index contributed by atoms with van der Waals surface area (Å²) < 4.78 is 18.1. The summed E-state index contributed by atoms with van der Waals surface area (Å²) in [6.45, 7) is 6.22. The Morgan fingerprint density at radius 1 is 1.64 bits per heavy atom. The lowest BCUT2D eigenvalue weighted by atomic mass is 10.5. The summed E-state index contributed by atoms with van der Waals surface area (Å²) in [5, 5.41) is 0. The standard InChI is InChI=1S/C7H15FO2Si/c1-5-7(10-6(2)9)11(3,4)8/h7H,5H2,1-4H3.